The zero-order valence-corrected chi connectivity index (χ0v) is 14.0. The maximum absolute atomic E-state index is 10.3. The van der Waals surface area contributed by atoms with Gasteiger partial charge in [0.25, 0.3) is 0 Å². The lowest BCUT2D eigenvalue weighted by atomic mass is 10.0. The van der Waals surface area contributed by atoms with Gasteiger partial charge in [-0.2, -0.15) is 0 Å². The maximum Gasteiger partial charge on any atom is 0.140 e. The molecule has 0 radical (unpaired) electrons. The van der Waals surface area contributed by atoms with Gasteiger partial charge in [-0.3, -0.25) is 4.98 Å². The zero-order chi connectivity index (χ0) is 17.2. The first-order valence-electron chi connectivity index (χ1n) is 7.80. The number of aromatic hydroxyl groups is 1. The summed E-state index contributed by atoms with van der Waals surface area (Å²) in [5.74, 6) is 0.879. The minimum absolute atomic E-state index is 0.177. The summed E-state index contributed by atoms with van der Waals surface area (Å²) in [6.45, 7) is 0.605. The lowest BCUT2D eigenvalue weighted by Gasteiger charge is -2.11. The van der Waals surface area contributed by atoms with E-state index in [1.165, 1.54) is 0 Å². The summed E-state index contributed by atoms with van der Waals surface area (Å²) in [5.41, 5.74) is 3.33. The number of nitrogens with one attached hydrogen (secondary N) is 2. The number of aromatic nitrogens is 3. The summed E-state index contributed by atoms with van der Waals surface area (Å²) in [4.78, 5) is 11.8. The number of benzene rings is 1. The Morgan fingerprint density at radius 2 is 2.04 bits per heavy atom. The summed E-state index contributed by atoms with van der Waals surface area (Å²) < 4.78 is 0. The van der Waals surface area contributed by atoms with Gasteiger partial charge in [-0.15, -0.1) is 0 Å². The van der Waals surface area contributed by atoms with Crippen molar-refractivity contribution in [1.82, 2.24) is 15.0 Å². The molecule has 0 amide bonds. The fourth-order valence-corrected chi connectivity index (χ4v) is 2.94. The smallest absolute Gasteiger partial charge is 0.140 e. The Kier molecular flexibility index (Phi) is 3.99. The topological polar surface area (TPSA) is 73.8 Å². The number of H-pyrrole nitrogens is 1. The second kappa shape index (κ2) is 6.45. The van der Waals surface area contributed by atoms with E-state index in [0.29, 0.717) is 22.9 Å². The van der Waals surface area contributed by atoms with Crippen LogP contribution in [0.1, 0.15) is 5.56 Å². The number of hydrogen-bond donors (Lipinski definition) is 3. The highest BCUT2D eigenvalue weighted by molar-refractivity contribution is 6.31. The number of halogens is 1. The second-order valence-electron chi connectivity index (χ2n) is 5.67. The third-order valence-corrected chi connectivity index (χ3v) is 4.21. The van der Waals surface area contributed by atoms with Crippen LogP contribution in [0.5, 0.6) is 5.75 Å². The van der Waals surface area contributed by atoms with Gasteiger partial charge in [0.15, 0.2) is 0 Å². The average Bonchev–Trinajstić information content (AvgIpc) is 3.11. The van der Waals surface area contributed by atoms with Crippen molar-refractivity contribution < 1.29 is 5.11 Å². The van der Waals surface area contributed by atoms with Gasteiger partial charge in [0, 0.05) is 46.7 Å². The van der Waals surface area contributed by atoms with Crippen molar-refractivity contribution in [2.45, 2.75) is 6.54 Å². The first-order chi connectivity index (χ1) is 12.2. The lowest BCUT2D eigenvalue weighted by Crippen LogP contribution is -2.02. The Morgan fingerprint density at radius 1 is 1.12 bits per heavy atom. The predicted molar refractivity (Wildman–Crippen MR) is 99.8 cm³/mol. The number of nitrogens with zero attached hydrogens (tertiary/aromatic N) is 2. The van der Waals surface area contributed by atoms with Gasteiger partial charge in [-0.05, 0) is 42.0 Å². The number of hydrogen-bond acceptors (Lipinski definition) is 4. The van der Waals surface area contributed by atoms with E-state index in [1.54, 1.807) is 24.4 Å². The standard InChI is InChI=1S/C19H15ClN4O/c20-13-3-4-17(25)16(8-13)15-9-18(24-19-14(15)5-7-22-19)23-11-12-2-1-6-21-10-12/h1-10,25H,11H2,(H2,22,23,24). The van der Waals surface area contributed by atoms with Gasteiger partial charge in [-0.25, -0.2) is 4.98 Å². The molecule has 4 rings (SSSR count). The number of aromatic amines is 1. The van der Waals surface area contributed by atoms with Crippen LogP contribution in [0.15, 0.2) is 61.1 Å². The molecule has 124 valence electrons. The lowest BCUT2D eigenvalue weighted by molar-refractivity contribution is 0.477. The normalized spacial score (nSPS) is 10.9. The molecule has 3 aromatic heterocycles. The Hall–Kier alpha value is -3.05. The second-order valence-corrected chi connectivity index (χ2v) is 6.11. The maximum atomic E-state index is 10.3. The molecule has 0 saturated heterocycles. The quantitative estimate of drug-likeness (QED) is 0.503. The van der Waals surface area contributed by atoms with Crippen molar-refractivity contribution in [2.75, 3.05) is 5.32 Å². The summed E-state index contributed by atoms with van der Waals surface area (Å²) in [6, 6.07) is 12.8. The minimum Gasteiger partial charge on any atom is -0.507 e. The molecule has 25 heavy (non-hydrogen) atoms. The SMILES string of the molecule is Oc1ccc(Cl)cc1-c1cc(NCc2cccnc2)nc2[nH]ccc12. The van der Waals surface area contributed by atoms with Crippen molar-refractivity contribution in [3.05, 3.63) is 71.6 Å². The Balaban J connectivity index is 1.76. The van der Waals surface area contributed by atoms with Crippen molar-refractivity contribution in [2.24, 2.45) is 0 Å². The van der Waals surface area contributed by atoms with Crippen LogP contribution in [0.3, 0.4) is 0 Å². The van der Waals surface area contributed by atoms with Crippen LogP contribution in [0, 0.1) is 0 Å². The molecule has 0 aliphatic carbocycles. The molecule has 0 fully saturated rings. The van der Waals surface area contributed by atoms with Crippen LogP contribution in [0.4, 0.5) is 5.82 Å². The molecule has 0 unspecified atom stereocenters. The highest BCUT2D eigenvalue weighted by Crippen LogP contribution is 2.36. The van der Waals surface area contributed by atoms with Crippen molar-refractivity contribution in [3.63, 3.8) is 0 Å². The molecule has 6 heteroatoms. The number of rotatable bonds is 4. The Labute approximate surface area is 149 Å². The number of phenols is 1. The van der Waals surface area contributed by atoms with E-state index < -0.39 is 0 Å². The molecule has 3 N–H and O–H groups in total. The Morgan fingerprint density at radius 3 is 2.88 bits per heavy atom. The molecular formula is C19H15ClN4O. The van der Waals surface area contributed by atoms with Crippen molar-refractivity contribution >= 4 is 28.5 Å². The van der Waals surface area contributed by atoms with E-state index in [4.69, 9.17) is 11.6 Å². The van der Waals surface area contributed by atoms with Gasteiger partial charge in [0.1, 0.15) is 17.2 Å². The summed E-state index contributed by atoms with van der Waals surface area (Å²) >= 11 is 6.12. The van der Waals surface area contributed by atoms with E-state index in [1.807, 2.05) is 36.7 Å². The Bertz CT molecular complexity index is 1030. The van der Waals surface area contributed by atoms with Gasteiger partial charge >= 0.3 is 0 Å². The molecule has 0 bridgehead atoms. The molecule has 0 atom stereocenters. The molecule has 0 spiro atoms. The van der Waals surface area contributed by atoms with Gasteiger partial charge in [0.05, 0.1) is 0 Å². The van der Waals surface area contributed by atoms with E-state index in [-0.39, 0.29) is 5.75 Å². The number of anilines is 1. The zero-order valence-electron chi connectivity index (χ0n) is 13.2. The third-order valence-electron chi connectivity index (χ3n) is 3.97. The van der Waals surface area contributed by atoms with Gasteiger partial charge in [0.2, 0.25) is 0 Å². The molecule has 4 aromatic rings. The fraction of sp³-hybridized carbons (Fsp3) is 0.0526. The predicted octanol–water partition coefficient (Wildman–Crippen LogP) is 4.60. The summed E-state index contributed by atoms with van der Waals surface area (Å²) in [6.07, 6.45) is 5.38. The van der Waals surface area contributed by atoms with Gasteiger partial charge < -0.3 is 15.4 Å². The molecule has 3 heterocycles. The number of pyridine rings is 2. The first kappa shape index (κ1) is 15.5. The third kappa shape index (κ3) is 3.14. The minimum atomic E-state index is 0.177. The van der Waals surface area contributed by atoms with Crippen LogP contribution in [0.2, 0.25) is 5.02 Å². The highest BCUT2D eigenvalue weighted by atomic mass is 35.5. The van der Waals surface area contributed by atoms with E-state index in [9.17, 15) is 5.11 Å². The van der Waals surface area contributed by atoms with Crippen molar-refractivity contribution in [1.29, 1.82) is 0 Å². The molecule has 0 saturated carbocycles. The van der Waals surface area contributed by atoms with E-state index in [0.717, 1.165) is 22.2 Å². The summed E-state index contributed by atoms with van der Waals surface area (Å²) in [7, 11) is 0. The average molecular weight is 351 g/mol. The monoisotopic (exact) mass is 350 g/mol. The van der Waals surface area contributed by atoms with Crippen LogP contribution >= 0.6 is 11.6 Å². The number of fused-ring (bicyclic) bond motifs is 1. The molecule has 1 aromatic carbocycles. The first-order valence-corrected chi connectivity index (χ1v) is 8.18. The summed E-state index contributed by atoms with van der Waals surface area (Å²) in [5, 5.41) is 15.1. The van der Waals surface area contributed by atoms with Crippen LogP contribution in [0.25, 0.3) is 22.2 Å². The molecular weight excluding hydrogens is 336 g/mol. The van der Waals surface area contributed by atoms with Crippen LogP contribution < -0.4 is 5.32 Å². The van der Waals surface area contributed by atoms with Crippen molar-refractivity contribution in [3.8, 4) is 16.9 Å². The van der Waals surface area contributed by atoms with E-state index >= 15 is 0 Å². The molecule has 0 aliphatic rings. The highest BCUT2D eigenvalue weighted by Gasteiger charge is 2.13. The fourth-order valence-electron chi connectivity index (χ4n) is 2.77. The van der Waals surface area contributed by atoms with E-state index in [2.05, 4.69) is 20.3 Å². The molecule has 0 aliphatic heterocycles. The van der Waals surface area contributed by atoms with Crippen LogP contribution in [-0.2, 0) is 6.54 Å². The number of phenolic OH excluding ortho intramolecular Hbond substituents is 1. The molecule has 5 nitrogen and oxygen atoms in total. The van der Waals surface area contributed by atoms with Gasteiger partial charge in [-0.1, -0.05) is 17.7 Å². The van der Waals surface area contributed by atoms with Crippen LogP contribution in [-0.4, -0.2) is 20.1 Å². The largest absolute Gasteiger partial charge is 0.507 e.